The number of piperidine rings is 1. The van der Waals surface area contributed by atoms with Crippen molar-refractivity contribution in [3.05, 3.63) is 24.0 Å². The molecule has 1 aliphatic carbocycles. The zero-order valence-electron chi connectivity index (χ0n) is 14.5. The standard InChI is InChI=1S/C18H29N3O2.ClH/c1-18(9-3-2-6-16(18)22)13-20-17(23)15-5-4-12-21(15)14-7-10-19-11-8-14;/h4-5,12,14,16,19,22H,2-3,6-11,13H2,1H3,(H,20,23);1H. The Labute approximate surface area is 150 Å². The van der Waals surface area contributed by atoms with Gasteiger partial charge in [0.15, 0.2) is 0 Å². The zero-order valence-corrected chi connectivity index (χ0v) is 15.3. The van der Waals surface area contributed by atoms with E-state index in [4.69, 9.17) is 0 Å². The Morgan fingerprint density at radius 2 is 2.12 bits per heavy atom. The molecule has 1 saturated heterocycles. The van der Waals surface area contributed by atoms with Crippen molar-refractivity contribution in [1.82, 2.24) is 15.2 Å². The largest absolute Gasteiger partial charge is 0.392 e. The summed E-state index contributed by atoms with van der Waals surface area (Å²) in [5.41, 5.74) is 0.547. The van der Waals surface area contributed by atoms with Gasteiger partial charge in [0.25, 0.3) is 5.91 Å². The molecule has 6 heteroatoms. The lowest BCUT2D eigenvalue weighted by molar-refractivity contribution is 0.00183. The van der Waals surface area contributed by atoms with Gasteiger partial charge >= 0.3 is 0 Å². The Morgan fingerprint density at radius 3 is 2.83 bits per heavy atom. The highest BCUT2D eigenvalue weighted by Gasteiger charge is 2.35. The van der Waals surface area contributed by atoms with E-state index in [0.29, 0.717) is 12.6 Å². The van der Waals surface area contributed by atoms with Crippen molar-refractivity contribution in [2.75, 3.05) is 19.6 Å². The Morgan fingerprint density at radius 1 is 1.38 bits per heavy atom. The maximum atomic E-state index is 12.6. The molecule has 0 aromatic carbocycles. The molecule has 0 bridgehead atoms. The summed E-state index contributed by atoms with van der Waals surface area (Å²) in [6.07, 6.45) is 7.87. The van der Waals surface area contributed by atoms with Crippen LogP contribution in [0, 0.1) is 5.41 Å². The van der Waals surface area contributed by atoms with E-state index < -0.39 is 0 Å². The van der Waals surface area contributed by atoms with E-state index in [1.54, 1.807) is 0 Å². The Bertz CT molecular complexity index is 542. The smallest absolute Gasteiger partial charge is 0.267 e. The maximum Gasteiger partial charge on any atom is 0.267 e. The first-order valence-corrected chi connectivity index (χ1v) is 8.94. The number of carbonyl (C=O) groups excluding carboxylic acids is 1. The van der Waals surface area contributed by atoms with E-state index in [2.05, 4.69) is 22.1 Å². The second-order valence-corrected chi connectivity index (χ2v) is 7.38. The molecule has 1 amide bonds. The van der Waals surface area contributed by atoms with Crippen LogP contribution in [-0.2, 0) is 0 Å². The van der Waals surface area contributed by atoms with Gasteiger partial charge in [0, 0.05) is 24.2 Å². The lowest BCUT2D eigenvalue weighted by atomic mass is 9.73. The van der Waals surface area contributed by atoms with Gasteiger partial charge in [-0.05, 0) is 50.9 Å². The molecule has 2 fully saturated rings. The summed E-state index contributed by atoms with van der Waals surface area (Å²) in [5.74, 6) is -0.0208. The van der Waals surface area contributed by atoms with Crippen LogP contribution < -0.4 is 10.6 Å². The topological polar surface area (TPSA) is 66.3 Å². The van der Waals surface area contributed by atoms with Gasteiger partial charge < -0.3 is 20.3 Å². The fourth-order valence-corrected chi connectivity index (χ4v) is 3.95. The van der Waals surface area contributed by atoms with Gasteiger partial charge in [0.05, 0.1) is 6.10 Å². The molecule has 1 aromatic heterocycles. The molecule has 2 aliphatic rings. The SMILES string of the molecule is CC1(CNC(=O)c2cccn2C2CCNCC2)CCCCC1O.Cl. The van der Waals surface area contributed by atoms with Crippen LogP contribution in [0.3, 0.4) is 0 Å². The fraction of sp³-hybridized carbons (Fsp3) is 0.722. The molecule has 136 valence electrons. The van der Waals surface area contributed by atoms with Gasteiger partial charge in [-0.15, -0.1) is 12.4 Å². The highest BCUT2D eigenvalue weighted by Crippen LogP contribution is 2.35. The molecule has 2 heterocycles. The van der Waals surface area contributed by atoms with E-state index in [-0.39, 0.29) is 29.8 Å². The molecule has 2 unspecified atom stereocenters. The fourth-order valence-electron chi connectivity index (χ4n) is 3.95. The molecule has 1 aliphatic heterocycles. The summed E-state index contributed by atoms with van der Waals surface area (Å²) in [7, 11) is 0. The third-order valence-electron chi connectivity index (χ3n) is 5.65. The first-order valence-electron chi connectivity index (χ1n) is 8.94. The van der Waals surface area contributed by atoms with Crippen molar-refractivity contribution in [1.29, 1.82) is 0 Å². The van der Waals surface area contributed by atoms with Crippen molar-refractivity contribution in [2.45, 2.75) is 57.6 Å². The van der Waals surface area contributed by atoms with Crippen LogP contribution in [0.15, 0.2) is 18.3 Å². The van der Waals surface area contributed by atoms with Crippen molar-refractivity contribution < 1.29 is 9.90 Å². The molecule has 0 spiro atoms. The second kappa shape index (κ2) is 8.37. The first kappa shape index (κ1) is 19.3. The van der Waals surface area contributed by atoms with Crippen LogP contribution in [-0.4, -0.2) is 41.3 Å². The van der Waals surface area contributed by atoms with Gasteiger partial charge in [-0.3, -0.25) is 4.79 Å². The number of hydrogen-bond acceptors (Lipinski definition) is 3. The lowest BCUT2D eigenvalue weighted by Crippen LogP contribution is -2.45. The summed E-state index contributed by atoms with van der Waals surface area (Å²) in [5, 5.41) is 16.7. The summed E-state index contributed by atoms with van der Waals surface area (Å²) >= 11 is 0. The van der Waals surface area contributed by atoms with Crippen LogP contribution in [0.5, 0.6) is 0 Å². The number of nitrogens with one attached hydrogen (secondary N) is 2. The molecule has 2 atom stereocenters. The van der Waals surface area contributed by atoms with Crippen LogP contribution in [0.4, 0.5) is 0 Å². The van der Waals surface area contributed by atoms with Gasteiger partial charge in [-0.25, -0.2) is 0 Å². The van der Waals surface area contributed by atoms with Crippen molar-refractivity contribution in [2.24, 2.45) is 5.41 Å². The van der Waals surface area contributed by atoms with Crippen LogP contribution >= 0.6 is 12.4 Å². The van der Waals surface area contributed by atoms with Crippen molar-refractivity contribution in [3.8, 4) is 0 Å². The number of aliphatic hydroxyl groups is 1. The van der Waals surface area contributed by atoms with E-state index >= 15 is 0 Å². The predicted octanol–water partition coefficient (Wildman–Crippen LogP) is 2.51. The Hall–Kier alpha value is -1.04. The normalized spacial score (nSPS) is 28.2. The van der Waals surface area contributed by atoms with E-state index in [1.165, 1.54) is 0 Å². The van der Waals surface area contributed by atoms with Gasteiger partial charge in [0.1, 0.15) is 5.69 Å². The number of carbonyl (C=O) groups is 1. The average Bonchev–Trinajstić information content (AvgIpc) is 3.06. The lowest BCUT2D eigenvalue weighted by Gasteiger charge is -2.38. The average molecular weight is 356 g/mol. The minimum Gasteiger partial charge on any atom is -0.392 e. The molecular weight excluding hydrogens is 326 g/mol. The zero-order chi connectivity index (χ0) is 16.3. The monoisotopic (exact) mass is 355 g/mol. The van der Waals surface area contributed by atoms with Crippen LogP contribution in [0.2, 0.25) is 0 Å². The van der Waals surface area contributed by atoms with E-state index in [1.807, 2.05) is 18.3 Å². The maximum absolute atomic E-state index is 12.6. The first-order chi connectivity index (χ1) is 11.1. The molecular formula is C18H30ClN3O2. The minimum atomic E-state index is -0.312. The minimum absolute atomic E-state index is 0. The molecule has 0 radical (unpaired) electrons. The molecule has 1 aromatic rings. The Kier molecular flexibility index (Phi) is 6.72. The highest BCUT2D eigenvalue weighted by atomic mass is 35.5. The van der Waals surface area contributed by atoms with Crippen molar-refractivity contribution in [3.63, 3.8) is 0 Å². The number of amides is 1. The highest BCUT2D eigenvalue weighted by molar-refractivity contribution is 5.92. The number of rotatable bonds is 4. The molecule has 3 rings (SSSR count). The third-order valence-corrected chi connectivity index (χ3v) is 5.65. The summed E-state index contributed by atoms with van der Waals surface area (Å²) in [6.45, 7) is 4.65. The second-order valence-electron chi connectivity index (χ2n) is 7.38. The van der Waals surface area contributed by atoms with Crippen LogP contribution in [0.1, 0.15) is 62.0 Å². The molecule has 5 nitrogen and oxygen atoms in total. The quantitative estimate of drug-likeness (QED) is 0.777. The molecule has 24 heavy (non-hydrogen) atoms. The van der Waals surface area contributed by atoms with Gasteiger partial charge in [0.2, 0.25) is 0 Å². The summed E-state index contributed by atoms with van der Waals surface area (Å²) in [4.78, 5) is 12.6. The third kappa shape index (κ3) is 4.13. The number of nitrogens with zero attached hydrogens (tertiary/aromatic N) is 1. The number of aromatic nitrogens is 1. The number of hydrogen-bond donors (Lipinski definition) is 3. The van der Waals surface area contributed by atoms with Crippen molar-refractivity contribution >= 4 is 18.3 Å². The van der Waals surface area contributed by atoms with Gasteiger partial charge in [-0.2, -0.15) is 0 Å². The number of halogens is 1. The number of aliphatic hydroxyl groups excluding tert-OH is 1. The van der Waals surface area contributed by atoms with E-state index in [0.717, 1.165) is 57.3 Å². The molecule has 3 N–H and O–H groups in total. The summed E-state index contributed by atoms with van der Waals surface area (Å²) in [6, 6.07) is 4.26. The molecule has 1 saturated carbocycles. The van der Waals surface area contributed by atoms with E-state index in [9.17, 15) is 9.90 Å². The summed E-state index contributed by atoms with van der Waals surface area (Å²) < 4.78 is 2.12. The van der Waals surface area contributed by atoms with Crippen LogP contribution in [0.25, 0.3) is 0 Å². The predicted molar refractivity (Wildman–Crippen MR) is 97.7 cm³/mol. The Balaban J connectivity index is 0.00000208. The van der Waals surface area contributed by atoms with Gasteiger partial charge in [-0.1, -0.05) is 19.8 Å².